The molecule has 3 heteroatoms. The quantitative estimate of drug-likeness (QED) is 0.770. The van der Waals surface area contributed by atoms with Gasteiger partial charge < -0.3 is 10.1 Å². The summed E-state index contributed by atoms with van der Waals surface area (Å²) < 4.78 is 5.14. The predicted octanol–water partition coefficient (Wildman–Crippen LogP) is 2.51. The van der Waals surface area contributed by atoms with E-state index in [1.165, 1.54) is 5.56 Å². The van der Waals surface area contributed by atoms with Crippen LogP contribution in [-0.4, -0.2) is 18.1 Å². The number of carbonyl (C=O) groups is 1. The Morgan fingerprint density at radius 2 is 1.94 bits per heavy atom. The first kappa shape index (κ1) is 13.7. The highest BCUT2D eigenvalue weighted by molar-refractivity contribution is 5.68. The van der Waals surface area contributed by atoms with Crippen LogP contribution >= 0.6 is 0 Å². The first-order valence-electron chi connectivity index (χ1n) is 5.98. The summed E-state index contributed by atoms with van der Waals surface area (Å²) in [5, 5.41) is 3.38. The molecular weight excluding hydrogens is 214 g/mol. The van der Waals surface area contributed by atoms with Gasteiger partial charge in [-0.3, -0.25) is 4.79 Å². The molecule has 0 amide bonds. The summed E-state index contributed by atoms with van der Waals surface area (Å²) in [5.74, 6) is -0.153. The molecule has 1 rings (SSSR count). The molecule has 0 fully saturated rings. The van der Waals surface area contributed by atoms with Gasteiger partial charge in [-0.15, -0.1) is 0 Å². The van der Waals surface area contributed by atoms with Crippen LogP contribution in [-0.2, 0) is 16.1 Å². The Morgan fingerprint density at radius 3 is 2.53 bits per heavy atom. The smallest absolute Gasteiger partial charge is 0.305 e. The average Bonchev–Trinajstić information content (AvgIpc) is 2.35. The molecule has 0 aliphatic rings. The molecule has 3 nitrogen and oxygen atoms in total. The summed E-state index contributed by atoms with van der Waals surface area (Å²) in [7, 11) is 0. The maximum Gasteiger partial charge on any atom is 0.305 e. The topological polar surface area (TPSA) is 38.3 Å². The van der Waals surface area contributed by atoms with E-state index < -0.39 is 0 Å². The number of esters is 1. The molecule has 1 N–H and O–H groups in total. The number of carbonyl (C=O) groups excluding carboxylic acids is 1. The molecule has 0 spiro atoms. The van der Waals surface area contributed by atoms with E-state index in [-0.39, 0.29) is 11.5 Å². The normalized spacial score (nSPS) is 11.2. The lowest BCUT2D eigenvalue weighted by Gasteiger charge is -2.25. The van der Waals surface area contributed by atoms with E-state index >= 15 is 0 Å². The van der Waals surface area contributed by atoms with Crippen LogP contribution in [0, 0.1) is 0 Å². The Kier molecular flexibility index (Phi) is 5.16. The van der Waals surface area contributed by atoms with Gasteiger partial charge in [-0.1, -0.05) is 37.3 Å². The van der Waals surface area contributed by atoms with E-state index in [0.29, 0.717) is 13.0 Å². The van der Waals surface area contributed by atoms with Gasteiger partial charge in [-0.25, -0.2) is 0 Å². The minimum absolute atomic E-state index is 0.153. The van der Waals surface area contributed by atoms with Crippen molar-refractivity contribution in [2.75, 3.05) is 6.61 Å². The van der Waals surface area contributed by atoms with Crippen LogP contribution in [0.25, 0.3) is 0 Å². The highest BCUT2D eigenvalue weighted by atomic mass is 16.5. The first-order valence-corrected chi connectivity index (χ1v) is 5.98. The lowest BCUT2D eigenvalue weighted by atomic mass is 10.1. The summed E-state index contributed by atoms with van der Waals surface area (Å²) in [5.41, 5.74) is 1.02. The SMILES string of the molecule is CCC(=O)OCC(C)(C)NCc1ccccc1. The van der Waals surface area contributed by atoms with E-state index in [4.69, 9.17) is 4.74 Å². The molecule has 0 atom stereocenters. The van der Waals surface area contributed by atoms with Crippen LogP contribution in [0.4, 0.5) is 0 Å². The van der Waals surface area contributed by atoms with Crippen LogP contribution in [0.1, 0.15) is 32.8 Å². The third kappa shape index (κ3) is 5.50. The molecule has 0 heterocycles. The van der Waals surface area contributed by atoms with Crippen molar-refractivity contribution in [3.05, 3.63) is 35.9 Å². The fourth-order valence-corrected chi connectivity index (χ4v) is 1.35. The molecule has 0 aromatic heterocycles. The molecule has 0 saturated heterocycles. The van der Waals surface area contributed by atoms with Crippen molar-refractivity contribution < 1.29 is 9.53 Å². The van der Waals surface area contributed by atoms with E-state index in [1.807, 2.05) is 32.0 Å². The fraction of sp³-hybridized carbons (Fsp3) is 0.500. The molecule has 0 radical (unpaired) electrons. The van der Waals surface area contributed by atoms with Gasteiger partial charge >= 0.3 is 5.97 Å². The van der Waals surface area contributed by atoms with Crippen molar-refractivity contribution in [3.63, 3.8) is 0 Å². The number of nitrogens with one attached hydrogen (secondary N) is 1. The van der Waals surface area contributed by atoms with E-state index in [1.54, 1.807) is 6.92 Å². The van der Waals surface area contributed by atoms with Gasteiger partial charge in [-0.2, -0.15) is 0 Å². The van der Waals surface area contributed by atoms with E-state index in [9.17, 15) is 4.79 Å². The maximum absolute atomic E-state index is 11.1. The summed E-state index contributed by atoms with van der Waals surface area (Å²) in [4.78, 5) is 11.1. The molecule has 1 aromatic carbocycles. The van der Waals surface area contributed by atoms with E-state index in [0.717, 1.165) is 6.54 Å². The van der Waals surface area contributed by atoms with Crippen molar-refractivity contribution in [1.29, 1.82) is 0 Å². The number of ether oxygens (including phenoxy) is 1. The Labute approximate surface area is 103 Å². The highest BCUT2D eigenvalue weighted by Gasteiger charge is 2.18. The Morgan fingerprint density at radius 1 is 1.29 bits per heavy atom. The Hall–Kier alpha value is -1.35. The Bertz CT molecular complexity index is 346. The van der Waals surface area contributed by atoms with Crippen LogP contribution in [0.2, 0.25) is 0 Å². The second-order valence-electron chi connectivity index (χ2n) is 4.74. The van der Waals surface area contributed by atoms with Gasteiger partial charge in [-0.05, 0) is 19.4 Å². The zero-order chi connectivity index (χ0) is 12.7. The predicted molar refractivity (Wildman–Crippen MR) is 68.6 cm³/mol. The molecule has 94 valence electrons. The van der Waals surface area contributed by atoms with Gasteiger partial charge in [0.15, 0.2) is 0 Å². The van der Waals surface area contributed by atoms with E-state index in [2.05, 4.69) is 17.4 Å². The molecular formula is C14H21NO2. The van der Waals surface area contributed by atoms with Crippen LogP contribution < -0.4 is 5.32 Å². The fourth-order valence-electron chi connectivity index (χ4n) is 1.35. The second kappa shape index (κ2) is 6.40. The summed E-state index contributed by atoms with van der Waals surface area (Å²) in [6, 6.07) is 10.2. The van der Waals surface area contributed by atoms with Gasteiger partial charge in [0.1, 0.15) is 6.61 Å². The summed E-state index contributed by atoms with van der Waals surface area (Å²) in [6.45, 7) is 7.02. The standard InChI is InChI=1S/C14H21NO2/c1-4-13(16)17-11-14(2,3)15-10-12-8-6-5-7-9-12/h5-9,15H,4,10-11H2,1-3H3. The largest absolute Gasteiger partial charge is 0.464 e. The molecule has 0 aliphatic carbocycles. The number of benzene rings is 1. The lowest BCUT2D eigenvalue weighted by molar-refractivity contribution is -0.145. The van der Waals surface area contributed by atoms with Gasteiger partial charge in [0.05, 0.1) is 0 Å². The second-order valence-corrected chi connectivity index (χ2v) is 4.74. The van der Waals surface area contributed by atoms with Gasteiger partial charge in [0.2, 0.25) is 0 Å². The molecule has 17 heavy (non-hydrogen) atoms. The number of rotatable bonds is 6. The number of hydrogen-bond donors (Lipinski definition) is 1. The zero-order valence-corrected chi connectivity index (χ0v) is 10.8. The van der Waals surface area contributed by atoms with Crippen molar-refractivity contribution in [1.82, 2.24) is 5.32 Å². The van der Waals surface area contributed by atoms with Crippen molar-refractivity contribution >= 4 is 5.97 Å². The van der Waals surface area contributed by atoms with Crippen LogP contribution in [0.15, 0.2) is 30.3 Å². The maximum atomic E-state index is 11.1. The summed E-state index contributed by atoms with van der Waals surface area (Å²) in [6.07, 6.45) is 0.425. The van der Waals surface area contributed by atoms with Crippen LogP contribution in [0.3, 0.4) is 0 Å². The Balaban J connectivity index is 2.36. The molecule has 1 aromatic rings. The first-order chi connectivity index (χ1) is 8.03. The number of hydrogen-bond acceptors (Lipinski definition) is 3. The molecule has 0 aliphatic heterocycles. The van der Waals surface area contributed by atoms with Gasteiger partial charge in [0, 0.05) is 18.5 Å². The minimum atomic E-state index is -0.208. The monoisotopic (exact) mass is 235 g/mol. The van der Waals surface area contributed by atoms with Crippen molar-refractivity contribution in [2.24, 2.45) is 0 Å². The molecule has 0 unspecified atom stereocenters. The van der Waals surface area contributed by atoms with Gasteiger partial charge in [0.25, 0.3) is 0 Å². The average molecular weight is 235 g/mol. The highest BCUT2D eigenvalue weighted by Crippen LogP contribution is 2.06. The minimum Gasteiger partial charge on any atom is -0.464 e. The summed E-state index contributed by atoms with van der Waals surface area (Å²) >= 11 is 0. The van der Waals surface area contributed by atoms with Crippen molar-refractivity contribution in [3.8, 4) is 0 Å². The van der Waals surface area contributed by atoms with Crippen molar-refractivity contribution in [2.45, 2.75) is 39.3 Å². The molecule has 0 saturated carbocycles. The third-order valence-electron chi connectivity index (χ3n) is 2.50. The molecule has 0 bridgehead atoms. The zero-order valence-electron chi connectivity index (χ0n) is 10.8. The van der Waals surface area contributed by atoms with Crippen LogP contribution in [0.5, 0.6) is 0 Å². The lowest BCUT2D eigenvalue weighted by Crippen LogP contribution is -2.43. The third-order valence-corrected chi connectivity index (χ3v) is 2.50.